The maximum Gasteiger partial charge on any atom is 0.401 e. The molecule has 1 rings (SSSR count). The van der Waals surface area contributed by atoms with Crippen molar-refractivity contribution in [3.05, 3.63) is 24.3 Å². The zero-order chi connectivity index (χ0) is 12.4. The number of hydrogen-bond acceptors (Lipinski definition) is 4. The molecule has 0 fully saturated rings. The normalized spacial score (nSPS) is 12.3. The van der Waals surface area contributed by atoms with E-state index in [2.05, 4.69) is 14.7 Å². The van der Waals surface area contributed by atoms with Gasteiger partial charge in [0.2, 0.25) is 5.82 Å². The number of ether oxygens (including phenoxy) is 1. The van der Waals surface area contributed by atoms with Gasteiger partial charge in [0.1, 0.15) is 5.60 Å². The highest BCUT2D eigenvalue weighted by atomic mass is 19.3. The minimum Gasteiger partial charge on any atom is -0.455 e. The standard InChI is InChI=1S/C10H12F2N2O2/c1-9(2,3)16-8(15)10(11,12)7-13-5-4-6-14-7/h4-6H,1-3H3. The summed E-state index contributed by atoms with van der Waals surface area (Å²) in [7, 11) is 0. The first kappa shape index (κ1) is 12.5. The van der Waals surface area contributed by atoms with E-state index in [1.165, 1.54) is 26.8 Å². The van der Waals surface area contributed by atoms with E-state index in [4.69, 9.17) is 0 Å². The van der Waals surface area contributed by atoms with Crippen LogP contribution < -0.4 is 0 Å². The molecule has 0 aliphatic heterocycles. The van der Waals surface area contributed by atoms with Crippen molar-refractivity contribution in [2.45, 2.75) is 32.3 Å². The molecule has 0 N–H and O–H groups in total. The molecule has 16 heavy (non-hydrogen) atoms. The number of carbonyl (C=O) groups excluding carboxylic acids is 1. The van der Waals surface area contributed by atoms with E-state index in [0.717, 1.165) is 12.4 Å². The Balaban J connectivity index is 2.90. The summed E-state index contributed by atoms with van der Waals surface area (Å²) < 4.78 is 31.5. The van der Waals surface area contributed by atoms with Gasteiger partial charge in [-0.1, -0.05) is 0 Å². The van der Waals surface area contributed by atoms with Gasteiger partial charge in [0.15, 0.2) is 0 Å². The SMILES string of the molecule is CC(C)(C)OC(=O)C(F)(F)c1ncccn1. The van der Waals surface area contributed by atoms with Crippen molar-refractivity contribution in [2.75, 3.05) is 0 Å². The van der Waals surface area contributed by atoms with Crippen LogP contribution in [0.5, 0.6) is 0 Å². The average molecular weight is 230 g/mol. The molecule has 0 aliphatic rings. The first-order valence-corrected chi connectivity index (χ1v) is 4.62. The van der Waals surface area contributed by atoms with Crippen LogP contribution in [0.15, 0.2) is 18.5 Å². The minimum absolute atomic E-state index is 0.857. The highest BCUT2D eigenvalue weighted by Crippen LogP contribution is 2.27. The Morgan fingerprint density at radius 1 is 1.25 bits per heavy atom. The Bertz CT molecular complexity index is 374. The van der Waals surface area contributed by atoms with E-state index >= 15 is 0 Å². The summed E-state index contributed by atoms with van der Waals surface area (Å²) in [5, 5.41) is 0. The van der Waals surface area contributed by atoms with Crippen LogP contribution in [0.3, 0.4) is 0 Å². The largest absolute Gasteiger partial charge is 0.455 e. The summed E-state index contributed by atoms with van der Waals surface area (Å²) in [6.07, 6.45) is 2.28. The molecule has 0 saturated carbocycles. The molecule has 88 valence electrons. The van der Waals surface area contributed by atoms with E-state index in [0.29, 0.717) is 0 Å². The van der Waals surface area contributed by atoms with Gasteiger partial charge in [-0.3, -0.25) is 0 Å². The van der Waals surface area contributed by atoms with Gasteiger partial charge in [-0.05, 0) is 26.8 Å². The number of carbonyl (C=O) groups is 1. The summed E-state index contributed by atoms with van der Waals surface area (Å²) in [4.78, 5) is 17.9. The number of alkyl halides is 2. The molecule has 4 nitrogen and oxygen atoms in total. The molecule has 0 aromatic carbocycles. The smallest absolute Gasteiger partial charge is 0.401 e. The van der Waals surface area contributed by atoms with Crippen LogP contribution in [-0.4, -0.2) is 21.5 Å². The monoisotopic (exact) mass is 230 g/mol. The van der Waals surface area contributed by atoms with Crippen molar-refractivity contribution in [1.82, 2.24) is 9.97 Å². The van der Waals surface area contributed by atoms with Crippen molar-refractivity contribution in [2.24, 2.45) is 0 Å². The van der Waals surface area contributed by atoms with Crippen LogP contribution in [0.25, 0.3) is 0 Å². The molecule has 1 heterocycles. The predicted molar refractivity (Wildman–Crippen MR) is 51.8 cm³/mol. The Hall–Kier alpha value is -1.59. The third kappa shape index (κ3) is 2.95. The van der Waals surface area contributed by atoms with Crippen LogP contribution in [0.2, 0.25) is 0 Å². The number of aromatic nitrogens is 2. The Morgan fingerprint density at radius 2 is 1.75 bits per heavy atom. The Morgan fingerprint density at radius 3 is 2.19 bits per heavy atom. The van der Waals surface area contributed by atoms with E-state index in [-0.39, 0.29) is 0 Å². The lowest BCUT2D eigenvalue weighted by molar-refractivity contribution is -0.186. The van der Waals surface area contributed by atoms with Crippen molar-refractivity contribution in [3.8, 4) is 0 Å². The van der Waals surface area contributed by atoms with E-state index < -0.39 is 23.3 Å². The van der Waals surface area contributed by atoms with Gasteiger partial charge in [0.05, 0.1) is 0 Å². The maximum atomic E-state index is 13.5. The molecular formula is C10H12F2N2O2. The van der Waals surface area contributed by atoms with E-state index in [1.807, 2.05) is 0 Å². The Labute approximate surface area is 91.7 Å². The molecule has 6 heteroatoms. The van der Waals surface area contributed by atoms with Crippen molar-refractivity contribution in [3.63, 3.8) is 0 Å². The van der Waals surface area contributed by atoms with Gasteiger partial charge in [0, 0.05) is 12.4 Å². The number of esters is 1. The molecule has 1 aromatic rings. The zero-order valence-electron chi connectivity index (χ0n) is 9.20. The summed E-state index contributed by atoms with van der Waals surface area (Å²) in [5.74, 6) is -6.33. The Kier molecular flexibility index (Phi) is 3.21. The fourth-order valence-corrected chi connectivity index (χ4v) is 0.895. The fourth-order valence-electron chi connectivity index (χ4n) is 0.895. The molecule has 0 saturated heterocycles. The molecule has 0 unspecified atom stereocenters. The van der Waals surface area contributed by atoms with Gasteiger partial charge in [-0.25, -0.2) is 14.8 Å². The van der Waals surface area contributed by atoms with Crippen LogP contribution in [-0.2, 0) is 15.5 Å². The number of rotatable bonds is 2. The molecular weight excluding hydrogens is 218 g/mol. The first-order valence-electron chi connectivity index (χ1n) is 4.62. The van der Waals surface area contributed by atoms with E-state index in [9.17, 15) is 13.6 Å². The van der Waals surface area contributed by atoms with Crippen LogP contribution >= 0.6 is 0 Å². The quantitative estimate of drug-likeness (QED) is 0.728. The van der Waals surface area contributed by atoms with Crippen LogP contribution in [0.4, 0.5) is 8.78 Å². The third-order valence-corrected chi connectivity index (χ3v) is 1.50. The zero-order valence-corrected chi connectivity index (χ0v) is 9.20. The van der Waals surface area contributed by atoms with Crippen molar-refractivity contribution >= 4 is 5.97 Å². The second kappa shape index (κ2) is 4.11. The summed E-state index contributed by atoms with van der Waals surface area (Å²) >= 11 is 0. The van der Waals surface area contributed by atoms with Crippen LogP contribution in [0, 0.1) is 0 Å². The third-order valence-electron chi connectivity index (χ3n) is 1.50. The lowest BCUT2D eigenvalue weighted by Crippen LogP contribution is -2.36. The van der Waals surface area contributed by atoms with Gasteiger partial charge < -0.3 is 4.74 Å². The molecule has 0 radical (unpaired) electrons. The predicted octanol–water partition coefficient (Wildman–Crippen LogP) is 1.91. The van der Waals surface area contributed by atoms with Gasteiger partial charge in [-0.2, -0.15) is 8.78 Å². The second-order valence-corrected chi connectivity index (χ2v) is 4.15. The lowest BCUT2D eigenvalue weighted by atomic mass is 10.2. The molecule has 0 atom stereocenters. The fraction of sp³-hybridized carbons (Fsp3) is 0.500. The molecule has 1 aromatic heterocycles. The van der Waals surface area contributed by atoms with Crippen molar-refractivity contribution in [1.29, 1.82) is 0 Å². The lowest BCUT2D eigenvalue weighted by Gasteiger charge is -2.22. The number of hydrogen-bond donors (Lipinski definition) is 0. The number of halogens is 2. The first-order chi connectivity index (χ1) is 7.23. The highest BCUT2D eigenvalue weighted by molar-refractivity contribution is 5.78. The molecule has 0 aliphatic carbocycles. The topological polar surface area (TPSA) is 52.1 Å². The minimum atomic E-state index is -3.82. The van der Waals surface area contributed by atoms with E-state index in [1.54, 1.807) is 0 Å². The molecule has 0 amide bonds. The maximum absolute atomic E-state index is 13.5. The average Bonchev–Trinajstić information content (AvgIpc) is 2.16. The van der Waals surface area contributed by atoms with Gasteiger partial charge in [0.25, 0.3) is 0 Å². The summed E-state index contributed by atoms with van der Waals surface area (Å²) in [5.41, 5.74) is -0.977. The highest BCUT2D eigenvalue weighted by Gasteiger charge is 2.47. The summed E-state index contributed by atoms with van der Waals surface area (Å²) in [6, 6.07) is 1.38. The van der Waals surface area contributed by atoms with Crippen molar-refractivity contribution < 1.29 is 18.3 Å². The van der Waals surface area contributed by atoms with Gasteiger partial charge in [-0.15, -0.1) is 0 Å². The second-order valence-electron chi connectivity index (χ2n) is 4.15. The molecule has 0 bridgehead atoms. The number of nitrogens with zero attached hydrogens (tertiary/aromatic N) is 2. The van der Waals surface area contributed by atoms with Gasteiger partial charge >= 0.3 is 11.9 Å². The summed E-state index contributed by atoms with van der Waals surface area (Å²) in [6.45, 7) is 4.52. The van der Waals surface area contributed by atoms with Crippen LogP contribution in [0.1, 0.15) is 26.6 Å². The molecule has 0 spiro atoms.